The standard InChI is InChI=1S/C9H19NO4S/c1-9(2)7(6-8(9)11)10-15(12,13)5-4-14-3/h7-8,10-11H,4-6H2,1-3H3. The topological polar surface area (TPSA) is 75.6 Å². The van der Waals surface area contributed by atoms with E-state index in [0.717, 1.165) is 0 Å². The van der Waals surface area contributed by atoms with E-state index in [2.05, 4.69) is 4.72 Å². The summed E-state index contributed by atoms with van der Waals surface area (Å²) in [6.45, 7) is 3.89. The van der Waals surface area contributed by atoms with Crippen molar-refractivity contribution in [2.75, 3.05) is 19.5 Å². The van der Waals surface area contributed by atoms with Crippen LogP contribution in [0, 0.1) is 5.41 Å². The third-order valence-corrected chi connectivity index (χ3v) is 4.44. The van der Waals surface area contributed by atoms with E-state index in [0.29, 0.717) is 6.42 Å². The van der Waals surface area contributed by atoms with Gasteiger partial charge in [0, 0.05) is 18.6 Å². The summed E-state index contributed by atoms with van der Waals surface area (Å²) < 4.78 is 30.3. The molecule has 0 aliphatic heterocycles. The Labute approximate surface area is 90.9 Å². The second-order valence-electron chi connectivity index (χ2n) is 4.55. The van der Waals surface area contributed by atoms with Gasteiger partial charge in [0.1, 0.15) is 0 Å². The Hall–Kier alpha value is -0.170. The molecule has 1 aliphatic carbocycles. The number of ether oxygens (including phenoxy) is 1. The van der Waals surface area contributed by atoms with E-state index in [4.69, 9.17) is 4.74 Å². The molecule has 0 bridgehead atoms. The van der Waals surface area contributed by atoms with E-state index < -0.39 is 16.1 Å². The van der Waals surface area contributed by atoms with Crippen molar-refractivity contribution in [3.8, 4) is 0 Å². The maximum absolute atomic E-state index is 11.5. The lowest BCUT2D eigenvalue weighted by Crippen LogP contribution is -2.61. The minimum Gasteiger partial charge on any atom is -0.392 e. The van der Waals surface area contributed by atoms with Gasteiger partial charge in [-0.2, -0.15) is 0 Å². The molecule has 0 aromatic carbocycles. The number of aliphatic hydroxyl groups excluding tert-OH is 1. The summed E-state index contributed by atoms with van der Waals surface area (Å²) in [5.74, 6) is -0.0355. The lowest BCUT2D eigenvalue weighted by Gasteiger charge is -2.49. The molecular weight excluding hydrogens is 218 g/mol. The molecule has 90 valence electrons. The van der Waals surface area contributed by atoms with E-state index in [-0.39, 0.29) is 23.8 Å². The highest BCUT2D eigenvalue weighted by Crippen LogP contribution is 2.40. The quantitative estimate of drug-likeness (QED) is 0.689. The molecular formula is C9H19NO4S. The van der Waals surface area contributed by atoms with Gasteiger partial charge in [0.2, 0.25) is 10.0 Å². The zero-order chi connectivity index (χ0) is 11.7. The Kier molecular flexibility index (Phi) is 3.76. The predicted octanol–water partition coefficient (Wildman–Crippen LogP) is -0.288. The van der Waals surface area contributed by atoms with Gasteiger partial charge in [-0.25, -0.2) is 13.1 Å². The molecule has 6 heteroatoms. The molecule has 1 fully saturated rings. The van der Waals surface area contributed by atoms with Crippen LogP contribution in [0.5, 0.6) is 0 Å². The molecule has 15 heavy (non-hydrogen) atoms. The number of aliphatic hydroxyl groups is 1. The van der Waals surface area contributed by atoms with Crippen LogP contribution in [0.15, 0.2) is 0 Å². The minimum atomic E-state index is -3.28. The first-order chi connectivity index (χ1) is 6.79. The number of rotatable bonds is 5. The molecule has 0 heterocycles. The molecule has 1 rings (SSSR count). The zero-order valence-electron chi connectivity index (χ0n) is 9.36. The molecule has 0 saturated heterocycles. The minimum absolute atomic E-state index is 0.0355. The highest BCUT2D eigenvalue weighted by atomic mass is 32.2. The van der Waals surface area contributed by atoms with Crippen LogP contribution in [0.2, 0.25) is 0 Å². The molecule has 2 unspecified atom stereocenters. The molecule has 0 aromatic heterocycles. The zero-order valence-corrected chi connectivity index (χ0v) is 10.2. The average molecular weight is 237 g/mol. The molecule has 0 amide bonds. The third kappa shape index (κ3) is 2.90. The fourth-order valence-electron chi connectivity index (χ4n) is 1.57. The van der Waals surface area contributed by atoms with Crippen LogP contribution in [-0.4, -0.2) is 45.1 Å². The first kappa shape index (κ1) is 12.9. The molecule has 0 aromatic rings. The van der Waals surface area contributed by atoms with Crippen molar-refractivity contribution in [1.82, 2.24) is 4.72 Å². The van der Waals surface area contributed by atoms with E-state index in [1.165, 1.54) is 7.11 Å². The summed E-state index contributed by atoms with van der Waals surface area (Å²) in [7, 11) is -1.82. The molecule has 1 aliphatic rings. The molecule has 2 N–H and O–H groups in total. The van der Waals surface area contributed by atoms with Gasteiger partial charge >= 0.3 is 0 Å². The van der Waals surface area contributed by atoms with Gasteiger partial charge < -0.3 is 9.84 Å². The Morgan fingerprint density at radius 1 is 1.53 bits per heavy atom. The van der Waals surface area contributed by atoms with Crippen molar-refractivity contribution >= 4 is 10.0 Å². The number of nitrogens with one attached hydrogen (secondary N) is 1. The van der Waals surface area contributed by atoms with Crippen LogP contribution in [0.4, 0.5) is 0 Å². The van der Waals surface area contributed by atoms with Gasteiger partial charge in [0.05, 0.1) is 18.5 Å². The van der Waals surface area contributed by atoms with Crippen molar-refractivity contribution in [2.24, 2.45) is 5.41 Å². The number of sulfonamides is 1. The maximum Gasteiger partial charge on any atom is 0.214 e. The van der Waals surface area contributed by atoms with Gasteiger partial charge in [-0.1, -0.05) is 13.8 Å². The number of hydrogen-bond donors (Lipinski definition) is 2. The van der Waals surface area contributed by atoms with Crippen molar-refractivity contribution in [3.63, 3.8) is 0 Å². The number of methoxy groups -OCH3 is 1. The molecule has 0 spiro atoms. The van der Waals surface area contributed by atoms with E-state index in [1.807, 2.05) is 13.8 Å². The van der Waals surface area contributed by atoms with Gasteiger partial charge in [0.15, 0.2) is 0 Å². The van der Waals surface area contributed by atoms with Crippen LogP contribution in [0.3, 0.4) is 0 Å². The summed E-state index contributed by atoms with van der Waals surface area (Å²) >= 11 is 0. The fourth-order valence-corrected chi connectivity index (χ4v) is 2.91. The van der Waals surface area contributed by atoms with Crippen LogP contribution in [0.1, 0.15) is 20.3 Å². The van der Waals surface area contributed by atoms with Gasteiger partial charge in [0.25, 0.3) is 0 Å². The Morgan fingerprint density at radius 3 is 2.53 bits per heavy atom. The second kappa shape index (κ2) is 4.37. The lowest BCUT2D eigenvalue weighted by molar-refractivity contribution is -0.0645. The van der Waals surface area contributed by atoms with Crippen LogP contribution in [-0.2, 0) is 14.8 Å². The normalized spacial score (nSPS) is 29.9. The molecule has 1 saturated carbocycles. The van der Waals surface area contributed by atoms with Crippen molar-refractivity contribution in [2.45, 2.75) is 32.4 Å². The molecule has 2 atom stereocenters. The van der Waals surface area contributed by atoms with Gasteiger partial charge in [-0.3, -0.25) is 0 Å². The molecule has 5 nitrogen and oxygen atoms in total. The summed E-state index contributed by atoms with van der Waals surface area (Å²) in [4.78, 5) is 0. The Bertz CT molecular complexity index is 312. The lowest BCUT2D eigenvalue weighted by atomic mass is 9.65. The third-order valence-electron chi connectivity index (χ3n) is 3.09. The van der Waals surface area contributed by atoms with E-state index in [9.17, 15) is 13.5 Å². The van der Waals surface area contributed by atoms with Crippen molar-refractivity contribution < 1.29 is 18.3 Å². The van der Waals surface area contributed by atoms with Crippen LogP contribution >= 0.6 is 0 Å². The summed E-state index contributed by atoms with van der Waals surface area (Å²) in [5.41, 5.74) is -0.375. The van der Waals surface area contributed by atoms with E-state index in [1.54, 1.807) is 0 Å². The summed E-state index contributed by atoms with van der Waals surface area (Å²) in [6, 6.07) is -0.172. The van der Waals surface area contributed by atoms with Gasteiger partial charge in [-0.15, -0.1) is 0 Å². The highest BCUT2D eigenvalue weighted by Gasteiger charge is 2.48. The first-order valence-electron chi connectivity index (χ1n) is 4.96. The second-order valence-corrected chi connectivity index (χ2v) is 6.43. The van der Waals surface area contributed by atoms with Crippen molar-refractivity contribution in [1.29, 1.82) is 0 Å². The molecule has 0 radical (unpaired) electrons. The first-order valence-corrected chi connectivity index (χ1v) is 6.62. The Balaban J connectivity index is 2.49. The Morgan fingerprint density at radius 2 is 2.13 bits per heavy atom. The van der Waals surface area contributed by atoms with E-state index >= 15 is 0 Å². The summed E-state index contributed by atoms with van der Waals surface area (Å²) in [5, 5.41) is 9.46. The smallest absolute Gasteiger partial charge is 0.214 e. The maximum atomic E-state index is 11.5. The monoisotopic (exact) mass is 237 g/mol. The average Bonchev–Trinajstić information content (AvgIpc) is 2.14. The fraction of sp³-hybridized carbons (Fsp3) is 1.00. The van der Waals surface area contributed by atoms with Gasteiger partial charge in [-0.05, 0) is 6.42 Å². The predicted molar refractivity (Wildman–Crippen MR) is 57.0 cm³/mol. The largest absolute Gasteiger partial charge is 0.392 e. The SMILES string of the molecule is COCCS(=O)(=O)NC1CC(O)C1(C)C. The van der Waals surface area contributed by atoms with Crippen LogP contribution in [0.25, 0.3) is 0 Å². The summed E-state index contributed by atoms with van der Waals surface area (Å²) in [6.07, 6.45) is 0.0618. The van der Waals surface area contributed by atoms with Crippen molar-refractivity contribution in [3.05, 3.63) is 0 Å². The highest BCUT2D eigenvalue weighted by molar-refractivity contribution is 7.89. The van der Waals surface area contributed by atoms with Crippen LogP contribution < -0.4 is 4.72 Å². The number of hydrogen-bond acceptors (Lipinski definition) is 4.